The van der Waals surface area contributed by atoms with Crippen molar-refractivity contribution in [1.82, 2.24) is 15.0 Å². The minimum Gasteiger partial charge on any atom is -0.305 e. The van der Waals surface area contributed by atoms with Gasteiger partial charge in [0, 0.05) is 18.6 Å². The zero-order valence-corrected chi connectivity index (χ0v) is 40.0. The summed E-state index contributed by atoms with van der Waals surface area (Å²) in [4.78, 5) is 13.8. The molecule has 0 atom stereocenters. The maximum Gasteiger partial charge on any atom is 3.00 e. The Bertz CT molecular complexity index is 3220. The van der Waals surface area contributed by atoms with Crippen molar-refractivity contribution in [3.63, 3.8) is 0 Å². The molecule has 0 radical (unpaired) electrons. The monoisotopic (exact) mass is 1050 g/mol. The standard InChI is InChI=1S/C63H45N4.Ir/c1-44-38-53(50-25-23-47(43-64)24-26-50)31-33-56(44)60-42-54(63-14-6-9-37-67-63)32-34-59(60)58-11-3-2-10-57(58)55-40-48(17-15-45-19-27-51(28-20-45)61-12-4-7-35-65-61)39-49(41-55)18-16-46-21-29-52(30-22-46)62-13-5-8-36-66-62;/h2-14,19-27,29,31,33-42H,15-18H2,1H3;/q-3;+3. The maximum atomic E-state index is 9.40. The van der Waals surface area contributed by atoms with Crippen LogP contribution >= 0.6 is 0 Å². The van der Waals surface area contributed by atoms with E-state index in [2.05, 4.69) is 150 Å². The Morgan fingerprint density at radius 1 is 0.397 bits per heavy atom. The van der Waals surface area contributed by atoms with Crippen LogP contribution in [0.1, 0.15) is 33.4 Å². The van der Waals surface area contributed by atoms with Crippen LogP contribution in [0.2, 0.25) is 0 Å². The zero-order valence-electron chi connectivity index (χ0n) is 37.6. The molecule has 0 N–H and O–H groups in total. The summed E-state index contributed by atoms with van der Waals surface area (Å²) in [5, 5.41) is 9.40. The fourth-order valence-electron chi connectivity index (χ4n) is 8.83. The molecule has 0 bridgehead atoms. The van der Waals surface area contributed by atoms with E-state index in [-0.39, 0.29) is 20.1 Å². The van der Waals surface area contributed by atoms with Gasteiger partial charge in [-0.2, -0.15) is 5.26 Å². The Kier molecular flexibility index (Phi) is 14.1. The summed E-state index contributed by atoms with van der Waals surface area (Å²) >= 11 is 0. The van der Waals surface area contributed by atoms with E-state index in [1.54, 1.807) is 0 Å². The van der Waals surface area contributed by atoms with Crippen LogP contribution < -0.4 is 0 Å². The van der Waals surface area contributed by atoms with Crippen molar-refractivity contribution in [3.8, 4) is 84.3 Å². The van der Waals surface area contributed by atoms with Crippen LogP contribution in [0, 0.1) is 36.5 Å². The Morgan fingerprint density at radius 2 is 0.912 bits per heavy atom. The number of aryl methyl sites for hydroxylation is 5. The Hall–Kier alpha value is -7.87. The van der Waals surface area contributed by atoms with E-state index in [4.69, 9.17) is 4.98 Å². The third-order valence-corrected chi connectivity index (χ3v) is 12.4. The van der Waals surface area contributed by atoms with E-state index in [0.29, 0.717) is 5.56 Å². The largest absolute Gasteiger partial charge is 3.00 e. The molecule has 0 amide bonds. The van der Waals surface area contributed by atoms with E-state index in [1.165, 1.54) is 33.4 Å². The second-order valence-electron chi connectivity index (χ2n) is 16.8. The van der Waals surface area contributed by atoms with Crippen LogP contribution in [0.15, 0.2) is 207 Å². The van der Waals surface area contributed by atoms with Gasteiger partial charge >= 0.3 is 20.1 Å². The molecular weight excluding hydrogens is 1000 g/mol. The molecule has 7 aromatic carbocycles. The molecule has 3 heterocycles. The Labute approximate surface area is 413 Å². The summed E-state index contributed by atoms with van der Waals surface area (Å²) in [6.45, 7) is 2.18. The fraction of sp³-hybridized carbons (Fsp3) is 0.0794. The van der Waals surface area contributed by atoms with E-state index >= 15 is 0 Å². The van der Waals surface area contributed by atoms with E-state index < -0.39 is 0 Å². The number of hydrogen-bond acceptors (Lipinski definition) is 4. The molecule has 10 aromatic rings. The molecule has 0 aliphatic carbocycles. The van der Waals surface area contributed by atoms with Crippen molar-refractivity contribution in [2.45, 2.75) is 32.6 Å². The van der Waals surface area contributed by atoms with Crippen molar-refractivity contribution >= 4 is 0 Å². The van der Waals surface area contributed by atoms with Crippen molar-refractivity contribution in [3.05, 3.63) is 258 Å². The normalized spacial score (nSPS) is 10.8. The summed E-state index contributed by atoms with van der Waals surface area (Å²) in [5.41, 5.74) is 21.5. The predicted octanol–water partition coefficient (Wildman–Crippen LogP) is 14.7. The van der Waals surface area contributed by atoms with Gasteiger partial charge in [0.2, 0.25) is 0 Å². The molecule has 4 nitrogen and oxygen atoms in total. The first-order valence-electron chi connectivity index (χ1n) is 22.7. The molecule has 0 aliphatic heterocycles. The fourth-order valence-corrected chi connectivity index (χ4v) is 8.83. The van der Waals surface area contributed by atoms with Gasteiger partial charge in [-0.3, -0.25) is 0 Å². The summed E-state index contributed by atoms with van der Waals surface area (Å²) in [6.07, 6.45) is 9.02. The topological polar surface area (TPSA) is 62.5 Å². The third-order valence-electron chi connectivity index (χ3n) is 12.4. The van der Waals surface area contributed by atoms with E-state index in [1.807, 2.05) is 97.5 Å². The van der Waals surface area contributed by atoms with Crippen LogP contribution in [0.25, 0.3) is 78.3 Å². The maximum absolute atomic E-state index is 9.40. The predicted molar refractivity (Wildman–Crippen MR) is 272 cm³/mol. The number of benzene rings is 7. The summed E-state index contributed by atoms with van der Waals surface area (Å²) in [5.74, 6) is 0. The molecule has 0 spiro atoms. The first-order chi connectivity index (χ1) is 33.0. The number of rotatable bonds is 13. The van der Waals surface area contributed by atoms with Gasteiger partial charge < -0.3 is 15.0 Å². The average molecular weight is 1050 g/mol. The SMILES string of the molecule is Cc1cc(-c2ccc(C#N)cc2)ccc1-c1cc(-c2ccccn2)[c-]cc1-c1ccccc1-c1cc(CCc2c[c-]c(-c3ccccn3)cc2)cc(CCc2c[c-]c(-c3ccccn3)cc2)c1.[Ir+3]. The molecule has 5 heteroatoms. The first kappa shape index (κ1) is 45.3. The van der Waals surface area contributed by atoms with Crippen LogP contribution in [-0.2, 0) is 45.8 Å². The number of nitrogens with zero attached hydrogens (tertiary/aromatic N) is 4. The molecule has 0 saturated carbocycles. The van der Waals surface area contributed by atoms with Crippen LogP contribution in [-0.4, -0.2) is 15.0 Å². The quantitative estimate of drug-likeness (QED) is 0.108. The molecule has 10 rings (SSSR count). The molecule has 68 heavy (non-hydrogen) atoms. The van der Waals surface area contributed by atoms with Crippen LogP contribution in [0.3, 0.4) is 0 Å². The number of aromatic nitrogens is 3. The smallest absolute Gasteiger partial charge is 0.305 e. The van der Waals surface area contributed by atoms with Gasteiger partial charge in [-0.25, -0.2) is 0 Å². The first-order valence-corrected chi connectivity index (χ1v) is 22.7. The summed E-state index contributed by atoms with van der Waals surface area (Å²) in [6, 6.07) is 78.4. The molecule has 326 valence electrons. The summed E-state index contributed by atoms with van der Waals surface area (Å²) in [7, 11) is 0. The molecule has 0 unspecified atom stereocenters. The van der Waals surface area contributed by atoms with Gasteiger partial charge in [-0.1, -0.05) is 139 Å². The minimum atomic E-state index is 0. The Morgan fingerprint density at radius 3 is 1.43 bits per heavy atom. The molecule has 3 aromatic heterocycles. The summed E-state index contributed by atoms with van der Waals surface area (Å²) < 4.78 is 0. The molecule has 0 fully saturated rings. The molecular formula is C63H45IrN4. The molecule has 0 aliphatic rings. The van der Waals surface area contributed by atoms with Crippen molar-refractivity contribution in [1.29, 1.82) is 5.26 Å². The number of hydrogen-bond donors (Lipinski definition) is 0. The van der Waals surface area contributed by atoms with Gasteiger partial charge in [0.1, 0.15) is 0 Å². The van der Waals surface area contributed by atoms with Crippen molar-refractivity contribution in [2.24, 2.45) is 0 Å². The van der Waals surface area contributed by atoms with E-state index in [0.717, 1.165) is 98.4 Å². The van der Waals surface area contributed by atoms with Crippen molar-refractivity contribution < 1.29 is 20.1 Å². The second-order valence-corrected chi connectivity index (χ2v) is 16.8. The zero-order chi connectivity index (χ0) is 45.4. The van der Waals surface area contributed by atoms with Gasteiger partial charge in [-0.05, 0) is 112 Å². The van der Waals surface area contributed by atoms with Gasteiger partial charge in [0.15, 0.2) is 0 Å². The molecule has 0 saturated heterocycles. The van der Waals surface area contributed by atoms with Gasteiger partial charge in [0.05, 0.1) is 11.6 Å². The Balaban J connectivity index is 0.00000578. The van der Waals surface area contributed by atoms with Gasteiger partial charge in [0.25, 0.3) is 0 Å². The third kappa shape index (κ3) is 10.4. The minimum absolute atomic E-state index is 0. The second kappa shape index (κ2) is 21.2. The van der Waals surface area contributed by atoms with Gasteiger partial charge in [-0.15, -0.1) is 94.5 Å². The number of nitriles is 1. The number of pyridine rings is 3. The van der Waals surface area contributed by atoms with Crippen LogP contribution in [0.5, 0.6) is 0 Å². The van der Waals surface area contributed by atoms with Crippen molar-refractivity contribution in [2.75, 3.05) is 0 Å². The van der Waals surface area contributed by atoms with Crippen LogP contribution in [0.4, 0.5) is 0 Å². The van der Waals surface area contributed by atoms with E-state index in [9.17, 15) is 5.26 Å². The average Bonchev–Trinajstić information content (AvgIpc) is 3.40.